The third kappa shape index (κ3) is 3.21. The van der Waals surface area contributed by atoms with Gasteiger partial charge in [-0.1, -0.05) is 29.8 Å². The molecular weight excluding hydrogens is 350 g/mol. The molecule has 0 saturated carbocycles. The van der Waals surface area contributed by atoms with Gasteiger partial charge in [-0.15, -0.1) is 6.42 Å². The van der Waals surface area contributed by atoms with Gasteiger partial charge in [-0.3, -0.25) is 9.78 Å². The van der Waals surface area contributed by atoms with Crippen LogP contribution in [0.2, 0.25) is 0 Å². The van der Waals surface area contributed by atoms with Crippen LogP contribution >= 0.6 is 11.8 Å². The molecule has 0 atom stereocenters. The molecule has 0 aliphatic rings. The van der Waals surface area contributed by atoms with Gasteiger partial charge in [0, 0.05) is 25.2 Å². The zero-order valence-electron chi connectivity index (χ0n) is 14.6. The highest BCUT2D eigenvalue weighted by Gasteiger charge is 2.17. The summed E-state index contributed by atoms with van der Waals surface area (Å²) >= 11 is 1.28. The molecule has 0 saturated heterocycles. The van der Waals surface area contributed by atoms with E-state index in [0.29, 0.717) is 22.3 Å². The summed E-state index contributed by atoms with van der Waals surface area (Å²) in [5.41, 5.74) is 3.08. The molecule has 1 amide bonds. The van der Waals surface area contributed by atoms with Crippen molar-refractivity contribution in [3.63, 3.8) is 0 Å². The Balaban J connectivity index is 2.19. The Bertz CT molecular complexity index is 1090. The first-order chi connectivity index (χ1) is 12.4. The fraction of sp³-hybridized carbons (Fsp3) is 0.222. The number of aromatic nitrogens is 4. The molecular formula is C18H17N5O2S. The molecule has 0 unspecified atom stereocenters. The number of carbonyl (C=O) groups is 1. The fourth-order valence-corrected chi connectivity index (χ4v) is 3.13. The second-order valence-electron chi connectivity index (χ2n) is 5.66. The smallest absolute Gasteiger partial charge is 0.316 e. The van der Waals surface area contributed by atoms with Crippen molar-refractivity contribution in [2.24, 2.45) is 0 Å². The van der Waals surface area contributed by atoms with E-state index in [-0.39, 0.29) is 11.6 Å². The summed E-state index contributed by atoms with van der Waals surface area (Å²) in [7, 11) is 1.71. The SMILES string of the molecule is C#CCSc1nc2c(-c3cccc(N(C)C(C)=O)c3)c(C)nn2c(=O)[nH]1. The van der Waals surface area contributed by atoms with Gasteiger partial charge in [0.1, 0.15) is 0 Å². The number of aryl methyl sites for hydroxylation is 1. The fourth-order valence-electron chi connectivity index (χ4n) is 2.60. The molecule has 0 aliphatic heterocycles. The predicted octanol–water partition coefficient (Wildman–Crippen LogP) is 2.10. The van der Waals surface area contributed by atoms with Gasteiger partial charge >= 0.3 is 5.69 Å². The van der Waals surface area contributed by atoms with E-state index < -0.39 is 0 Å². The van der Waals surface area contributed by atoms with E-state index in [1.807, 2.05) is 31.2 Å². The number of anilines is 1. The first kappa shape index (κ1) is 17.8. The minimum absolute atomic E-state index is 0.0683. The van der Waals surface area contributed by atoms with Crippen LogP contribution in [0.1, 0.15) is 12.6 Å². The number of H-pyrrole nitrogens is 1. The quantitative estimate of drug-likeness (QED) is 0.564. The van der Waals surface area contributed by atoms with Crippen LogP contribution in [0.3, 0.4) is 0 Å². The molecule has 3 aromatic rings. The Morgan fingerprint density at radius 2 is 2.23 bits per heavy atom. The van der Waals surface area contributed by atoms with Crippen molar-refractivity contribution in [2.75, 3.05) is 17.7 Å². The molecule has 2 aromatic heterocycles. The maximum Gasteiger partial charge on any atom is 0.350 e. The van der Waals surface area contributed by atoms with Crippen molar-refractivity contribution in [3.05, 3.63) is 40.4 Å². The Morgan fingerprint density at radius 1 is 1.46 bits per heavy atom. The normalized spacial score (nSPS) is 10.7. The van der Waals surface area contributed by atoms with Gasteiger partial charge in [0.25, 0.3) is 0 Å². The van der Waals surface area contributed by atoms with Crippen LogP contribution in [0.15, 0.2) is 34.2 Å². The number of terminal acetylenes is 1. The van der Waals surface area contributed by atoms with Crippen LogP contribution in [0, 0.1) is 19.3 Å². The summed E-state index contributed by atoms with van der Waals surface area (Å²) in [5.74, 6) is 2.84. The lowest BCUT2D eigenvalue weighted by atomic mass is 10.1. The zero-order valence-corrected chi connectivity index (χ0v) is 15.4. The number of nitrogens with one attached hydrogen (secondary N) is 1. The molecule has 132 valence electrons. The number of nitrogens with zero attached hydrogens (tertiary/aromatic N) is 4. The Morgan fingerprint density at radius 3 is 2.92 bits per heavy atom. The Hall–Kier alpha value is -3.05. The van der Waals surface area contributed by atoms with Crippen LogP contribution in [-0.2, 0) is 4.79 Å². The van der Waals surface area contributed by atoms with Gasteiger partial charge in [-0.05, 0) is 24.6 Å². The molecule has 1 N–H and O–H groups in total. The molecule has 0 aliphatic carbocycles. The van der Waals surface area contributed by atoms with Gasteiger partial charge in [0.05, 0.1) is 11.4 Å². The largest absolute Gasteiger partial charge is 0.350 e. The van der Waals surface area contributed by atoms with Crippen molar-refractivity contribution in [1.82, 2.24) is 19.6 Å². The van der Waals surface area contributed by atoms with Gasteiger partial charge < -0.3 is 4.90 Å². The van der Waals surface area contributed by atoms with E-state index in [4.69, 9.17) is 6.42 Å². The number of thioether (sulfide) groups is 1. The maximum absolute atomic E-state index is 12.3. The lowest BCUT2D eigenvalue weighted by Crippen LogP contribution is -2.22. The number of aromatic amines is 1. The van der Waals surface area contributed by atoms with E-state index in [9.17, 15) is 9.59 Å². The van der Waals surface area contributed by atoms with Crippen LogP contribution in [0.5, 0.6) is 0 Å². The average molecular weight is 367 g/mol. The highest BCUT2D eigenvalue weighted by molar-refractivity contribution is 7.99. The first-order valence-corrected chi connectivity index (χ1v) is 8.81. The molecule has 1 aromatic carbocycles. The number of rotatable bonds is 4. The summed E-state index contributed by atoms with van der Waals surface area (Å²) in [6.45, 7) is 3.32. The Labute approximate surface area is 154 Å². The monoisotopic (exact) mass is 367 g/mol. The molecule has 0 radical (unpaired) electrons. The summed E-state index contributed by atoms with van der Waals surface area (Å²) in [6.07, 6.45) is 5.28. The highest BCUT2D eigenvalue weighted by atomic mass is 32.2. The lowest BCUT2D eigenvalue weighted by molar-refractivity contribution is -0.116. The number of fused-ring (bicyclic) bond motifs is 1. The average Bonchev–Trinajstić information content (AvgIpc) is 2.96. The molecule has 26 heavy (non-hydrogen) atoms. The van der Waals surface area contributed by atoms with Gasteiger partial charge in [0.15, 0.2) is 10.8 Å². The number of hydrogen-bond acceptors (Lipinski definition) is 5. The number of amides is 1. The molecule has 7 nitrogen and oxygen atoms in total. The van der Waals surface area contributed by atoms with Crippen molar-refractivity contribution < 1.29 is 4.79 Å². The summed E-state index contributed by atoms with van der Waals surface area (Å²) in [5, 5.41) is 4.74. The first-order valence-electron chi connectivity index (χ1n) is 7.83. The second kappa shape index (κ2) is 7.06. The van der Waals surface area contributed by atoms with Crippen molar-refractivity contribution in [3.8, 4) is 23.5 Å². The topological polar surface area (TPSA) is 83.4 Å². The van der Waals surface area contributed by atoms with E-state index in [0.717, 1.165) is 16.8 Å². The van der Waals surface area contributed by atoms with E-state index >= 15 is 0 Å². The van der Waals surface area contributed by atoms with Gasteiger partial charge in [0.2, 0.25) is 5.91 Å². The number of carbonyl (C=O) groups excluding carboxylic acids is 1. The predicted molar refractivity (Wildman–Crippen MR) is 102 cm³/mol. The highest BCUT2D eigenvalue weighted by Crippen LogP contribution is 2.30. The van der Waals surface area contributed by atoms with Gasteiger partial charge in [-0.2, -0.15) is 9.61 Å². The van der Waals surface area contributed by atoms with Crippen molar-refractivity contribution in [1.29, 1.82) is 0 Å². The van der Waals surface area contributed by atoms with Crippen LogP contribution in [0.4, 0.5) is 5.69 Å². The maximum atomic E-state index is 12.3. The second-order valence-corrected chi connectivity index (χ2v) is 6.63. The zero-order chi connectivity index (χ0) is 18.8. The molecule has 0 bridgehead atoms. The van der Waals surface area contributed by atoms with E-state index in [1.165, 1.54) is 23.2 Å². The van der Waals surface area contributed by atoms with Crippen molar-refractivity contribution in [2.45, 2.75) is 19.0 Å². The summed E-state index contributed by atoms with van der Waals surface area (Å²) in [6, 6.07) is 7.48. The van der Waals surface area contributed by atoms with E-state index in [2.05, 4.69) is 21.0 Å². The molecule has 0 fully saturated rings. The summed E-state index contributed by atoms with van der Waals surface area (Å²) < 4.78 is 1.24. The third-order valence-electron chi connectivity index (χ3n) is 3.94. The number of benzene rings is 1. The minimum atomic E-state index is -0.374. The molecule has 0 spiro atoms. The third-order valence-corrected chi connectivity index (χ3v) is 4.71. The minimum Gasteiger partial charge on any atom is -0.316 e. The van der Waals surface area contributed by atoms with Gasteiger partial charge in [-0.25, -0.2) is 9.78 Å². The van der Waals surface area contributed by atoms with E-state index in [1.54, 1.807) is 11.9 Å². The Kier molecular flexibility index (Phi) is 4.82. The van der Waals surface area contributed by atoms with Crippen LogP contribution in [-0.4, -0.2) is 38.3 Å². The number of hydrogen-bond donors (Lipinski definition) is 1. The molecule has 8 heteroatoms. The standard InChI is InChI=1S/C18H17N5O2S/c1-5-9-26-17-19-16-15(11(2)21-23(16)18(25)20-17)13-7-6-8-14(10-13)22(4)12(3)24/h1,6-8,10H,9H2,2-4H3,(H,19,20,25). The summed E-state index contributed by atoms with van der Waals surface area (Å²) in [4.78, 5) is 32.7. The van der Waals surface area contributed by atoms with Crippen LogP contribution in [0.25, 0.3) is 16.8 Å². The van der Waals surface area contributed by atoms with Crippen LogP contribution < -0.4 is 10.6 Å². The lowest BCUT2D eigenvalue weighted by Gasteiger charge is -2.15. The van der Waals surface area contributed by atoms with Crippen molar-refractivity contribution >= 4 is 29.0 Å². The molecule has 3 rings (SSSR count). The molecule has 2 heterocycles.